The lowest BCUT2D eigenvalue weighted by atomic mass is 10.0. The third-order valence-corrected chi connectivity index (χ3v) is 6.07. The summed E-state index contributed by atoms with van der Waals surface area (Å²) in [5, 5.41) is 5.39. The monoisotopic (exact) mass is 458 g/mol. The van der Waals surface area contributed by atoms with E-state index in [2.05, 4.69) is 39.5 Å². The zero-order chi connectivity index (χ0) is 23.1. The molecule has 1 aliphatic rings. The van der Waals surface area contributed by atoms with E-state index >= 15 is 0 Å². The molecule has 0 radical (unpaired) electrons. The zero-order valence-corrected chi connectivity index (χ0v) is 20.3. The van der Waals surface area contributed by atoms with Crippen LogP contribution in [0.2, 0.25) is 0 Å². The van der Waals surface area contributed by atoms with E-state index in [0.29, 0.717) is 18.2 Å². The fourth-order valence-corrected chi connectivity index (χ4v) is 4.33. The van der Waals surface area contributed by atoms with Crippen LogP contribution < -0.4 is 5.32 Å². The second kappa shape index (κ2) is 10.9. The molecule has 7 nitrogen and oxygen atoms in total. The number of nitrogens with zero attached hydrogens (tertiary/aromatic N) is 3. The number of nitrogens with one attached hydrogen (secondary N) is 1. The topological polar surface area (TPSA) is 74.8 Å². The maximum atomic E-state index is 12.2. The van der Waals surface area contributed by atoms with E-state index < -0.39 is 5.60 Å². The number of benzene rings is 1. The first kappa shape index (κ1) is 24.2. The van der Waals surface area contributed by atoms with Crippen LogP contribution in [0, 0.1) is 0 Å². The molecule has 1 N–H and O–H groups in total. The van der Waals surface area contributed by atoms with Gasteiger partial charge in [-0.15, -0.1) is 11.3 Å². The van der Waals surface area contributed by atoms with Crippen molar-refractivity contribution < 1.29 is 14.3 Å². The van der Waals surface area contributed by atoms with Gasteiger partial charge in [0.05, 0.1) is 5.69 Å². The van der Waals surface area contributed by atoms with Crippen LogP contribution in [-0.4, -0.2) is 65.1 Å². The highest BCUT2D eigenvalue weighted by atomic mass is 32.1. The normalized spacial score (nSPS) is 14.9. The van der Waals surface area contributed by atoms with Crippen molar-refractivity contribution in [2.75, 3.05) is 38.0 Å². The van der Waals surface area contributed by atoms with Crippen LogP contribution in [0.25, 0.3) is 0 Å². The first-order valence-corrected chi connectivity index (χ1v) is 12.1. The summed E-state index contributed by atoms with van der Waals surface area (Å²) < 4.78 is 5.47. The largest absolute Gasteiger partial charge is 0.444 e. The average Bonchev–Trinajstić information content (AvgIpc) is 3.17. The number of rotatable bonds is 7. The molecule has 1 aliphatic heterocycles. The number of hydrogen-bond donors (Lipinski definition) is 1. The summed E-state index contributed by atoms with van der Waals surface area (Å²) in [6.45, 7) is 11.4. The van der Waals surface area contributed by atoms with Crippen molar-refractivity contribution in [3.8, 4) is 0 Å². The van der Waals surface area contributed by atoms with Gasteiger partial charge >= 0.3 is 6.09 Å². The van der Waals surface area contributed by atoms with Crippen LogP contribution in [0.15, 0.2) is 29.6 Å². The molecular weight excluding hydrogens is 424 g/mol. The Hall–Kier alpha value is -2.45. The predicted octanol–water partition coefficient (Wildman–Crippen LogP) is 3.98. The summed E-state index contributed by atoms with van der Waals surface area (Å²) in [4.78, 5) is 31.9. The second-order valence-electron chi connectivity index (χ2n) is 9.20. The summed E-state index contributed by atoms with van der Waals surface area (Å²) in [5.41, 5.74) is 3.17. The minimum absolute atomic E-state index is 0.0913. The number of anilines is 1. The van der Waals surface area contributed by atoms with Crippen LogP contribution in [0.3, 0.4) is 0 Å². The minimum atomic E-state index is -0.448. The van der Waals surface area contributed by atoms with E-state index in [9.17, 15) is 9.59 Å². The maximum absolute atomic E-state index is 12.2. The van der Waals surface area contributed by atoms with Crippen LogP contribution in [0.4, 0.5) is 9.93 Å². The van der Waals surface area contributed by atoms with E-state index in [1.54, 1.807) is 4.90 Å². The van der Waals surface area contributed by atoms with Crippen molar-refractivity contribution in [3.05, 3.63) is 46.5 Å². The van der Waals surface area contributed by atoms with E-state index in [-0.39, 0.29) is 12.0 Å². The Bertz CT molecular complexity index is 897. The molecule has 3 rings (SSSR count). The van der Waals surface area contributed by atoms with Crippen LogP contribution in [0.5, 0.6) is 0 Å². The molecule has 32 heavy (non-hydrogen) atoms. The number of aromatic nitrogens is 1. The fourth-order valence-electron chi connectivity index (χ4n) is 3.54. The molecule has 1 aromatic carbocycles. The van der Waals surface area contributed by atoms with Crippen molar-refractivity contribution >= 4 is 28.5 Å². The standard InChI is InChI=1S/C24H34N4O3S/c1-18(29)25-22-26-21(17-32-22)10-9-19-5-7-20(8-6-19)11-12-27-13-15-28(16-14-27)23(30)31-24(2,3)4/h5-8,17H,9-16H2,1-4H3,(H,25,26,29). The molecule has 1 saturated heterocycles. The third kappa shape index (κ3) is 7.91. The highest BCUT2D eigenvalue weighted by Crippen LogP contribution is 2.17. The first-order valence-electron chi connectivity index (χ1n) is 11.2. The number of carbonyl (C=O) groups is 2. The average molecular weight is 459 g/mol. The molecule has 2 heterocycles. The van der Waals surface area contributed by atoms with Gasteiger partial charge in [-0.3, -0.25) is 9.69 Å². The number of thiazole rings is 1. The van der Waals surface area contributed by atoms with Gasteiger partial charge in [0.1, 0.15) is 5.60 Å². The van der Waals surface area contributed by atoms with Crippen molar-refractivity contribution in [2.45, 2.75) is 52.6 Å². The number of carbonyl (C=O) groups excluding carboxylic acids is 2. The van der Waals surface area contributed by atoms with Gasteiger partial charge in [0.2, 0.25) is 5.91 Å². The summed E-state index contributed by atoms with van der Waals surface area (Å²) >= 11 is 1.46. The maximum Gasteiger partial charge on any atom is 0.410 e. The van der Waals surface area contributed by atoms with E-state index in [1.807, 2.05) is 26.2 Å². The Kier molecular flexibility index (Phi) is 8.26. The Balaban J connectivity index is 1.37. The van der Waals surface area contributed by atoms with Crippen molar-refractivity contribution in [1.82, 2.24) is 14.8 Å². The number of hydrogen-bond acceptors (Lipinski definition) is 6. The van der Waals surface area contributed by atoms with E-state index in [0.717, 1.165) is 44.6 Å². The summed E-state index contributed by atoms with van der Waals surface area (Å²) in [6, 6.07) is 8.79. The molecule has 8 heteroatoms. The number of ether oxygens (including phenoxy) is 1. The lowest BCUT2D eigenvalue weighted by Gasteiger charge is -2.35. The fraction of sp³-hybridized carbons (Fsp3) is 0.542. The number of amides is 2. The van der Waals surface area contributed by atoms with Gasteiger partial charge in [-0.2, -0.15) is 0 Å². The molecule has 2 aromatic rings. The first-order chi connectivity index (χ1) is 15.2. The molecule has 1 fully saturated rings. The Morgan fingerprint density at radius 2 is 1.66 bits per heavy atom. The van der Waals surface area contributed by atoms with Gasteiger partial charge in [-0.05, 0) is 51.2 Å². The Morgan fingerprint density at radius 1 is 1.03 bits per heavy atom. The summed E-state index contributed by atoms with van der Waals surface area (Å²) in [7, 11) is 0. The van der Waals surface area contributed by atoms with Crippen LogP contribution in [-0.2, 0) is 28.8 Å². The van der Waals surface area contributed by atoms with Crippen LogP contribution >= 0.6 is 11.3 Å². The van der Waals surface area contributed by atoms with Crippen molar-refractivity contribution in [3.63, 3.8) is 0 Å². The third-order valence-electron chi connectivity index (χ3n) is 5.27. The van der Waals surface area contributed by atoms with Crippen molar-refractivity contribution in [1.29, 1.82) is 0 Å². The quantitative estimate of drug-likeness (QED) is 0.679. The zero-order valence-electron chi connectivity index (χ0n) is 19.5. The van der Waals surface area contributed by atoms with Gasteiger partial charge in [0.25, 0.3) is 0 Å². The molecule has 174 valence electrons. The minimum Gasteiger partial charge on any atom is -0.444 e. The molecule has 0 aliphatic carbocycles. The molecule has 0 atom stereocenters. The second-order valence-corrected chi connectivity index (χ2v) is 10.1. The van der Waals surface area contributed by atoms with Gasteiger partial charge in [0.15, 0.2) is 5.13 Å². The highest BCUT2D eigenvalue weighted by Gasteiger charge is 2.25. The molecule has 2 amide bonds. The smallest absolute Gasteiger partial charge is 0.410 e. The summed E-state index contributed by atoms with van der Waals surface area (Å²) in [5.74, 6) is -0.0913. The molecule has 0 unspecified atom stereocenters. The lowest BCUT2D eigenvalue weighted by Crippen LogP contribution is -2.50. The lowest BCUT2D eigenvalue weighted by molar-refractivity contribution is -0.114. The molecular formula is C24H34N4O3S. The molecule has 0 saturated carbocycles. The Morgan fingerprint density at radius 3 is 2.25 bits per heavy atom. The van der Waals surface area contributed by atoms with Crippen LogP contribution in [0.1, 0.15) is 44.5 Å². The van der Waals surface area contributed by atoms with Gasteiger partial charge < -0.3 is 15.0 Å². The molecule has 0 spiro atoms. The number of aryl methyl sites for hydroxylation is 2. The molecule has 1 aromatic heterocycles. The van der Waals surface area contributed by atoms with Gasteiger partial charge in [0, 0.05) is 45.0 Å². The summed E-state index contributed by atoms with van der Waals surface area (Å²) in [6.07, 6.45) is 2.57. The molecule has 0 bridgehead atoms. The van der Waals surface area contributed by atoms with Gasteiger partial charge in [-0.25, -0.2) is 9.78 Å². The van der Waals surface area contributed by atoms with E-state index in [4.69, 9.17) is 4.74 Å². The SMILES string of the molecule is CC(=O)Nc1nc(CCc2ccc(CCN3CCN(C(=O)OC(C)(C)C)CC3)cc2)cs1. The number of piperazine rings is 1. The van der Waals surface area contributed by atoms with Crippen molar-refractivity contribution in [2.24, 2.45) is 0 Å². The predicted molar refractivity (Wildman–Crippen MR) is 128 cm³/mol. The highest BCUT2D eigenvalue weighted by molar-refractivity contribution is 7.13. The Labute approximate surface area is 194 Å². The van der Waals surface area contributed by atoms with Gasteiger partial charge in [-0.1, -0.05) is 24.3 Å². The van der Waals surface area contributed by atoms with E-state index in [1.165, 1.54) is 29.4 Å².